The highest BCUT2D eigenvalue weighted by atomic mass is 16.5. The van der Waals surface area contributed by atoms with E-state index >= 15 is 0 Å². The van der Waals surface area contributed by atoms with E-state index in [0.29, 0.717) is 5.69 Å². The summed E-state index contributed by atoms with van der Waals surface area (Å²) in [6.45, 7) is 5.56. The Morgan fingerprint density at radius 1 is 1.07 bits per heavy atom. The molecular formula is C23H24N2O4. The van der Waals surface area contributed by atoms with Gasteiger partial charge in [0, 0.05) is 6.04 Å². The Bertz CT molecular complexity index is 974. The van der Waals surface area contributed by atoms with Crippen molar-refractivity contribution in [1.29, 1.82) is 0 Å². The van der Waals surface area contributed by atoms with Gasteiger partial charge in [0.25, 0.3) is 0 Å². The number of benzene rings is 2. The highest BCUT2D eigenvalue weighted by Gasteiger charge is 2.67. The van der Waals surface area contributed by atoms with Crippen LogP contribution >= 0.6 is 0 Å². The van der Waals surface area contributed by atoms with Crippen molar-refractivity contribution >= 4 is 23.5 Å². The molecule has 2 aromatic rings. The van der Waals surface area contributed by atoms with Crippen LogP contribution in [0.3, 0.4) is 0 Å². The van der Waals surface area contributed by atoms with Crippen LogP contribution in [0, 0.1) is 18.8 Å². The minimum atomic E-state index is -1.29. The van der Waals surface area contributed by atoms with Gasteiger partial charge < -0.3 is 4.74 Å². The molecule has 2 saturated heterocycles. The number of imide groups is 1. The minimum Gasteiger partial charge on any atom is -0.465 e. The second kappa shape index (κ2) is 7.12. The third kappa shape index (κ3) is 2.86. The summed E-state index contributed by atoms with van der Waals surface area (Å²) in [7, 11) is 0. The third-order valence-electron chi connectivity index (χ3n) is 6.02. The summed E-state index contributed by atoms with van der Waals surface area (Å²) in [5.74, 6) is -2.69. The SMILES string of the molecule is CCOC(=O)[C@]1(C)N[C@H](c2ccccc2C)[C@H]2C(=O)N(c3ccccc3)C(=O)[C@@H]21. The van der Waals surface area contributed by atoms with Gasteiger partial charge in [-0.25, -0.2) is 4.90 Å². The van der Waals surface area contributed by atoms with Gasteiger partial charge in [-0.3, -0.25) is 19.7 Å². The van der Waals surface area contributed by atoms with Crippen LogP contribution in [0.15, 0.2) is 54.6 Å². The Morgan fingerprint density at radius 3 is 2.38 bits per heavy atom. The molecule has 2 amide bonds. The molecule has 2 aliphatic heterocycles. The van der Waals surface area contributed by atoms with Gasteiger partial charge in [0.05, 0.1) is 24.1 Å². The first-order chi connectivity index (χ1) is 13.9. The van der Waals surface area contributed by atoms with Crippen molar-refractivity contribution in [3.63, 3.8) is 0 Å². The number of amides is 2. The first-order valence-electron chi connectivity index (χ1n) is 9.83. The van der Waals surface area contributed by atoms with Gasteiger partial charge in [-0.05, 0) is 44.0 Å². The lowest BCUT2D eigenvalue weighted by molar-refractivity contribution is -0.153. The summed E-state index contributed by atoms with van der Waals surface area (Å²) in [6, 6.07) is 16.1. The Hall–Kier alpha value is -2.99. The van der Waals surface area contributed by atoms with Crippen molar-refractivity contribution in [1.82, 2.24) is 5.32 Å². The van der Waals surface area contributed by atoms with Crippen LogP contribution in [-0.2, 0) is 19.1 Å². The van der Waals surface area contributed by atoms with Crippen molar-refractivity contribution in [2.45, 2.75) is 32.4 Å². The third-order valence-corrected chi connectivity index (χ3v) is 6.02. The maximum Gasteiger partial charge on any atom is 0.326 e. The van der Waals surface area contributed by atoms with Crippen LogP contribution in [0.5, 0.6) is 0 Å². The lowest BCUT2D eigenvalue weighted by Crippen LogP contribution is -2.54. The average Bonchev–Trinajstić information content (AvgIpc) is 3.17. The molecule has 0 bridgehead atoms. The Balaban J connectivity index is 1.84. The molecule has 1 N–H and O–H groups in total. The molecule has 4 rings (SSSR count). The van der Waals surface area contributed by atoms with Crippen molar-refractivity contribution in [3.8, 4) is 0 Å². The second-order valence-electron chi connectivity index (χ2n) is 7.75. The summed E-state index contributed by atoms with van der Waals surface area (Å²) in [5, 5.41) is 3.30. The van der Waals surface area contributed by atoms with E-state index in [1.54, 1.807) is 38.1 Å². The molecule has 0 saturated carbocycles. The van der Waals surface area contributed by atoms with Gasteiger partial charge in [0.1, 0.15) is 5.54 Å². The number of esters is 1. The number of carbonyl (C=O) groups excluding carboxylic acids is 3. The molecule has 29 heavy (non-hydrogen) atoms. The molecule has 0 radical (unpaired) electrons. The normalized spacial score (nSPS) is 28.5. The molecule has 2 heterocycles. The predicted molar refractivity (Wildman–Crippen MR) is 108 cm³/mol. The number of hydrogen-bond acceptors (Lipinski definition) is 5. The number of para-hydroxylation sites is 1. The molecule has 2 aliphatic rings. The van der Waals surface area contributed by atoms with Crippen molar-refractivity contribution in [2.75, 3.05) is 11.5 Å². The Morgan fingerprint density at radius 2 is 1.72 bits per heavy atom. The fourth-order valence-corrected chi connectivity index (χ4v) is 4.64. The van der Waals surface area contributed by atoms with E-state index in [1.807, 2.05) is 37.3 Å². The predicted octanol–water partition coefficient (Wildman–Crippen LogP) is 2.77. The molecule has 150 valence electrons. The van der Waals surface area contributed by atoms with Gasteiger partial charge in [0.2, 0.25) is 11.8 Å². The van der Waals surface area contributed by atoms with Gasteiger partial charge in [-0.2, -0.15) is 0 Å². The molecule has 6 nitrogen and oxygen atoms in total. The van der Waals surface area contributed by atoms with Crippen molar-refractivity contribution in [3.05, 3.63) is 65.7 Å². The quantitative estimate of drug-likeness (QED) is 0.640. The van der Waals surface area contributed by atoms with Crippen LogP contribution in [0.4, 0.5) is 5.69 Å². The van der Waals surface area contributed by atoms with Crippen LogP contribution in [-0.4, -0.2) is 29.9 Å². The summed E-state index contributed by atoms with van der Waals surface area (Å²) in [4.78, 5) is 41.0. The fraction of sp³-hybridized carbons (Fsp3) is 0.348. The Labute approximate surface area is 169 Å². The van der Waals surface area contributed by atoms with E-state index in [1.165, 1.54) is 4.90 Å². The zero-order valence-electron chi connectivity index (χ0n) is 16.7. The number of nitrogens with one attached hydrogen (secondary N) is 1. The summed E-state index contributed by atoms with van der Waals surface area (Å²) in [6.07, 6.45) is 0. The summed E-state index contributed by atoms with van der Waals surface area (Å²) >= 11 is 0. The molecule has 0 spiro atoms. The number of anilines is 1. The molecule has 0 aromatic heterocycles. The van der Waals surface area contributed by atoms with Gasteiger partial charge in [-0.1, -0.05) is 42.5 Å². The monoisotopic (exact) mass is 392 g/mol. The highest BCUT2D eigenvalue weighted by Crippen LogP contribution is 2.50. The van der Waals surface area contributed by atoms with E-state index < -0.39 is 29.4 Å². The minimum absolute atomic E-state index is 0.201. The highest BCUT2D eigenvalue weighted by molar-refractivity contribution is 6.24. The van der Waals surface area contributed by atoms with E-state index in [-0.39, 0.29) is 18.4 Å². The molecule has 2 fully saturated rings. The molecular weight excluding hydrogens is 368 g/mol. The first-order valence-corrected chi connectivity index (χ1v) is 9.83. The van der Waals surface area contributed by atoms with Crippen LogP contribution < -0.4 is 10.2 Å². The van der Waals surface area contributed by atoms with Gasteiger partial charge >= 0.3 is 5.97 Å². The van der Waals surface area contributed by atoms with Crippen LogP contribution in [0.1, 0.15) is 31.0 Å². The van der Waals surface area contributed by atoms with Gasteiger partial charge in [0.15, 0.2) is 0 Å². The first kappa shape index (κ1) is 19.3. The summed E-state index contributed by atoms with van der Waals surface area (Å²) < 4.78 is 5.29. The zero-order chi connectivity index (χ0) is 20.8. The lowest BCUT2D eigenvalue weighted by atomic mass is 9.80. The number of hydrogen-bond donors (Lipinski definition) is 1. The van der Waals surface area contributed by atoms with Crippen molar-refractivity contribution in [2.24, 2.45) is 11.8 Å². The topological polar surface area (TPSA) is 75.7 Å². The van der Waals surface area contributed by atoms with E-state index in [4.69, 9.17) is 4.74 Å². The van der Waals surface area contributed by atoms with E-state index in [9.17, 15) is 14.4 Å². The number of aryl methyl sites for hydroxylation is 1. The van der Waals surface area contributed by atoms with Crippen molar-refractivity contribution < 1.29 is 19.1 Å². The van der Waals surface area contributed by atoms with Crippen LogP contribution in [0.25, 0.3) is 0 Å². The van der Waals surface area contributed by atoms with Crippen LogP contribution in [0.2, 0.25) is 0 Å². The number of ether oxygens (including phenoxy) is 1. The standard InChI is InChI=1S/C23H24N2O4/c1-4-29-22(28)23(3)18-17(19(24-23)16-13-9-8-10-14(16)2)20(26)25(21(18)27)15-11-6-5-7-12-15/h5-13,17-19,24H,4H2,1-3H3/t17-,18+,19+,23+/m0/s1. The van der Waals surface area contributed by atoms with E-state index in [0.717, 1.165) is 11.1 Å². The average molecular weight is 392 g/mol. The fourth-order valence-electron chi connectivity index (χ4n) is 4.64. The number of fused-ring (bicyclic) bond motifs is 1. The summed E-state index contributed by atoms with van der Waals surface area (Å²) in [5.41, 5.74) is 1.14. The number of rotatable bonds is 4. The maximum absolute atomic E-state index is 13.5. The maximum atomic E-state index is 13.5. The molecule has 6 heteroatoms. The molecule has 2 aromatic carbocycles. The van der Waals surface area contributed by atoms with Gasteiger partial charge in [-0.15, -0.1) is 0 Å². The zero-order valence-corrected chi connectivity index (χ0v) is 16.7. The molecule has 4 atom stereocenters. The molecule has 0 aliphatic carbocycles. The second-order valence-corrected chi connectivity index (χ2v) is 7.75. The number of nitrogens with zero attached hydrogens (tertiary/aromatic N) is 1. The van der Waals surface area contributed by atoms with E-state index in [2.05, 4.69) is 5.32 Å². The Kier molecular flexibility index (Phi) is 4.74. The lowest BCUT2D eigenvalue weighted by Gasteiger charge is -2.29. The largest absolute Gasteiger partial charge is 0.465 e. The number of carbonyl (C=O) groups is 3. The smallest absolute Gasteiger partial charge is 0.326 e. The molecule has 0 unspecified atom stereocenters.